The third-order valence-corrected chi connectivity index (χ3v) is 7.00. The van der Waals surface area contributed by atoms with Crippen molar-refractivity contribution in [2.24, 2.45) is 5.92 Å². The van der Waals surface area contributed by atoms with Gasteiger partial charge in [0.2, 0.25) is 5.95 Å². The maximum Gasteiger partial charge on any atom is 0.225 e. The predicted molar refractivity (Wildman–Crippen MR) is 125 cm³/mol. The van der Waals surface area contributed by atoms with E-state index in [9.17, 15) is 0 Å². The first-order chi connectivity index (χ1) is 14.8. The molecule has 1 aromatic heterocycles. The van der Waals surface area contributed by atoms with Crippen LogP contribution in [0.1, 0.15) is 38.5 Å². The molecule has 1 atom stereocenters. The van der Waals surface area contributed by atoms with Crippen molar-refractivity contribution in [3.05, 3.63) is 54.7 Å². The highest BCUT2D eigenvalue weighted by Crippen LogP contribution is 2.28. The molecule has 5 rings (SSSR count). The topological polar surface area (TPSA) is 32.3 Å². The van der Waals surface area contributed by atoms with Crippen LogP contribution in [0, 0.1) is 5.92 Å². The molecular weight excluding hydrogens is 368 g/mol. The van der Waals surface area contributed by atoms with Gasteiger partial charge in [0.05, 0.1) is 5.69 Å². The van der Waals surface area contributed by atoms with Crippen molar-refractivity contribution in [3.63, 3.8) is 0 Å². The molecule has 1 saturated carbocycles. The molecule has 3 aromatic rings. The summed E-state index contributed by atoms with van der Waals surface area (Å²) in [6, 6.07) is 17.9. The second-order valence-corrected chi connectivity index (χ2v) is 9.14. The third-order valence-electron chi connectivity index (χ3n) is 7.00. The summed E-state index contributed by atoms with van der Waals surface area (Å²) in [7, 11) is 2.33. The molecule has 0 amide bonds. The first kappa shape index (κ1) is 19.5. The predicted octanol–water partition coefficient (Wildman–Crippen LogP) is 5.39. The first-order valence-electron chi connectivity index (χ1n) is 11.5. The standard InChI is InChI=1S/C26H32N4/c1-29(24-9-3-2-4-10-24)18-20-14-16-30(19-20)26-27-15-13-25(28-26)23-12-11-21-7-5-6-8-22(21)17-23/h5-8,11-13,15,17,20,24H,2-4,9-10,14,16,18-19H2,1H3/t20-/m1/s1. The van der Waals surface area contributed by atoms with E-state index in [4.69, 9.17) is 4.98 Å². The summed E-state index contributed by atoms with van der Waals surface area (Å²) in [5, 5.41) is 2.52. The van der Waals surface area contributed by atoms with E-state index in [1.165, 1.54) is 55.8 Å². The Labute approximate surface area is 179 Å². The van der Waals surface area contributed by atoms with Gasteiger partial charge in [-0.15, -0.1) is 0 Å². The van der Waals surface area contributed by atoms with Crippen LogP contribution in [-0.2, 0) is 0 Å². The van der Waals surface area contributed by atoms with Gasteiger partial charge in [-0.25, -0.2) is 9.97 Å². The lowest BCUT2D eigenvalue weighted by atomic mass is 9.94. The van der Waals surface area contributed by atoms with Crippen molar-refractivity contribution in [1.29, 1.82) is 0 Å². The molecule has 0 unspecified atom stereocenters. The van der Waals surface area contributed by atoms with Crippen molar-refractivity contribution < 1.29 is 0 Å². The Balaban J connectivity index is 1.27. The Morgan fingerprint density at radius 3 is 2.67 bits per heavy atom. The lowest BCUT2D eigenvalue weighted by molar-refractivity contribution is 0.170. The number of benzene rings is 2. The summed E-state index contributed by atoms with van der Waals surface area (Å²) in [5.74, 6) is 1.59. The number of nitrogens with zero attached hydrogens (tertiary/aromatic N) is 4. The Hall–Kier alpha value is -2.46. The van der Waals surface area contributed by atoms with E-state index in [0.29, 0.717) is 5.92 Å². The van der Waals surface area contributed by atoms with Crippen molar-refractivity contribution in [2.45, 2.75) is 44.6 Å². The van der Waals surface area contributed by atoms with Gasteiger partial charge in [-0.05, 0) is 55.1 Å². The van der Waals surface area contributed by atoms with E-state index in [1.807, 2.05) is 12.3 Å². The van der Waals surface area contributed by atoms with Gasteiger partial charge in [0.1, 0.15) is 0 Å². The van der Waals surface area contributed by atoms with Crippen molar-refractivity contribution in [3.8, 4) is 11.3 Å². The normalized spacial score (nSPS) is 20.3. The molecule has 2 fully saturated rings. The van der Waals surface area contributed by atoms with Crippen LogP contribution >= 0.6 is 0 Å². The van der Waals surface area contributed by atoms with Gasteiger partial charge < -0.3 is 9.80 Å². The van der Waals surface area contributed by atoms with Crippen LogP contribution in [0.15, 0.2) is 54.7 Å². The monoisotopic (exact) mass is 400 g/mol. The molecule has 1 saturated heterocycles. The molecule has 0 bridgehead atoms. The average Bonchev–Trinajstić information content (AvgIpc) is 3.28. The second kappa shape index (κ2) is 8.73. The zero-order valence-electron chi connectivity index (χ0n) is 18.0. The summed E-state index contributed by atoms with van der Waals surface area (Å²) in [6.07, 6.45) is 10.1. The van der Waals surface area contributed by atoms with E-state index in [2.05, 4.69) is 64.3 Å². The molecule has 156 valence electrons. The third kappa shape index (κ3) is 4.20. The quantitative estimate of drug-likeness (QED) is 0.575. The Bertz CT molecular complexity index is 995. The van der Waals surface area contributed by atoms with Gasteiger partial charge in [0, 0.05) is 37.4 Å². The van der Waals surface area contributed by atoms with Gasteiger partial charge in [0.25, 0.3) is 0 Å². The number of rotatable bonds is 5. The molecule has 1 aliphatic carbocycles. The number of hydrogen-bond acceptors (Lipinski definition) is 4. The van der Waals surface area contributed by atoms with Crippen LogP contribution in [0.4, 0.5) is 5.95 Å². The minimum atomic E-state index is 0.713. The largest absolute Gasteiger partial charge is 0.340 e. The molecule has 2 aliphatic rings. The SMILES string of the molecule is CN(C[C@H]1CCN(c2nccc(-c3ccc4ccccc4c3)n2)C1)C1CCCCC1. The molecular formula is C26H32N4. The van der Waals surface area contributed by atoms with Gasteiger partial charge in [-0.2, -0.15) is 0 Å². The van der Waals surface area contributed by atoms with Crippen LogP contribution in [-0.4, -0.2) is 47.6 Å². The Morgan fingerprint density at radius 2 is 1.80 bits per heavy atom. The molecule has 0 radical (unpaired) electrons. The van der Waals surface area contributed by atoms with E-state index >= 15 is 0 Å². The van der Waals surface area contributed by atoms with Crippen LogP contribution in [0.5, 0.6) is 0 Å². The average molecular weight is 401 g/mol. The highest BCUT2D eigenvalue weighted by atomic mass is 15.3. The Morgan fingerprint density at radius 1 is 0.967 bits per heavy atom. The maximum atomic E-state index is 4.94. The van der Waals surface area contributed by atoms with E-state index in [1.54, 1.807) is 0 Å². The van der Waals surface area contributed by atoms with Crippen LogP contribution in [0.3, 0.4) is 0 Å². The number of fused-ring (bicyclic) bond motifs is 1. The molecule has 0 N–H and O–H groups in total. The van der Waals surface area contributed by atoms with Crippen molar-refractivity contribution >= 4 is 16.7 Å². The summed E-state index contributed by atoms with van der Waals surface area (Å²) in [5.41, 5.74) is 2.17. The van der Waals surface area contributed by atoms with E-state index in [0.717, 1.165) is 36.3 Å². The van der Waals surface area contributed by atoms with E-state index in [-0.39, 0.29) is 0 Å². The number of hydrogen-bond donors (Lipinski definition) is 0. The van der Waals surface area contributed by atoms with Crippen LogP contribution < -0.4 is 4.90 Å². The lowest BCUT2D eigenvalue weighted by Crippen LogP contribution is -2.37. The fourth-order valence-corrected chi connectivity index (χ4v) is 5.25. The van der Waals surface area contributed by atoms with Crippen molar-refractivity contribution in [2.75, 3.05) is 31.6 Å². The summed E-state index contributed by atoms with van der Waals surface area (Å²) in [4.78, 5) is 14.6. The highest BCUT2D eigenvalue weighted by Gasteiger charge is 2.28. The molecule has 2 heterocycles. The molecule has 2 aromatic carbocycles. The minimum absolute atomic E-state index is 0.713. The molecule has 1 aliphatic heterocycles. The second-order valence-electron chi connectivity index (χ2n) is 9.14. The summed E-state index contributed by atoms with van der Waals surface area (Å²) < 4.78 is 0. The maximum absolute atomic E-state index is 4.94. The van der Waals surface area contributed by atoms with Gasteiger partial charge in [-0.1, -0.05) is 55.7 Å². The zero-order valence-corrected chi connectivity index (χ0v) is 18.0. The van der Waals surface area contributed by atoms with Gasteiger partial charge >= 0.3 is 0 Å². The van der Waals surface area contributed by atoms with Crippen LogP contribution in [0.2, 0.25) is 0 Å². The molecule has 30 heavy (non-hydrogen) atoms. The number of anilines is 1. The fourth-order valence-electron chi connectivity index (χ4n) is 5.25. The van der Waals surface area contributed by atoms with Gasteiger partial charge in [-0.3, -0.25) is 0 Å². The fraction of sp³-hybridized carbons (Fsp3) is 0.462. The highest BCUT2D eigenvalue weighted by molar-refractivity contribution is 5.86. The lowest BCUT2D eigenvalue weighted by Gasteiger charge is -2.32. The van der Waals surface area contributed by atoms with Crippen LogP contribution in [0.25, 0.3) is 22.0 Å². The zero-order chi connectivity index (χ0) is 20.3. The summed E-state index contributed by atoms with van der Waals surface area (Å²) in [6.45, 7) is 3.33. The van der Waals surface area contributed by atoms with E-state index < -0.39 is 0 Å². The molecule has 4 heteroatoms. The minimum Gasteiger partial charge on any atom is -0.340 e. The molecule has 4 nitrogen and oxygen atoms in total. The molecule has 0 spiro atoms. The smallest absolute Gasteiger partial charge is 0.225 e. The summed E-state index contributed by atoms with van der Waals surface area (Å²) >= 11 is 0. The van der Waals surface area contributed by atoms with Crippen molar-refractivity contribution in [1.82, 2.24) is 14.9 Å². The first-order valence-corrected chi connectivity index (χ1v) is 11.5. The van der Waals surface area contributed by atoms with Gasteiger partial charge in [0.15, 0.2) is 0 Å². The Kier molecular flexibility index (Phi) is 5.67. The number of aromatic nitrogens is 2.